The molecule has 0 radical (unpaired) electrons. The molecule has 1 aliphatic rings. The summed E-state index contributed by atoms with van der Waals surface area (Å²) in [6.45, 7) is 1.88. The summed E-state index contributed by atoms with van der Waals surface area (Å²) in [7, 11) is 0. The molecule has 4 rings (SSSR count). The van der Waals surface area contributed by atoms with Crippen LogP contribution in [0.25, 0.3) is 11.5 Å². The lowest BCUT2D eigenvalue weighted by Gasteiger charge is -2.21. The molecule has 0 saturated carbocycles. The molecule has 0 amide bonds. The maximum Gasteiger partial charge on any atom is 0.434 e. The minimum atomic E-state index is -0.691. The van der Waals surface area contributed by atoms with Gasteiger partial charge in [-0.25, -0.2) is 9.89 Å². The predicted molar refractivity (Wildman–Crippen MR) is 89.6 cm³/mol. The standard InChI is InChI=1S/C17H14N4O5/c1-17(11-2-4-12(22)5-3-11)7-14(21-26-17)24-13-6-10(8-18-9-13)15-19-20-16(23)25-15/h2-6,8-9,22H,7H2,1H3,(H,20,23)/t17-/m1/s1. The second kappa shape index (κ2) is 6.03. The molecule has 1 aromatic carbocycles. The van der Waals surface area contributed by atoms with Gasteiger partial charge in [-0.15, -0.1) is 5.10 Å². The first-order valence-corrected chi connectivity index (χ1v) is 7.75. The Labute approximate surface area is 146 Å². The monoisotopic (exact) mass is 354 g/mol. The number of benzene rings is 1. The maximum absolute atomic E-state index is 11.1. The first kappa shape index (κ1) is 15.9. The number of phenolic OH excluding ortho intramolecular Hbond substituents is 1. The molecule has 0 fully saturated rings. The Kier molecular flexibility index (Phi) is 3.68. The number of nitrogens with zero attached hydrogens (tertiary/aromatic N) is 3. The molecule has 0 aliphatic carbocycles. The highest BCUT2D eigenvalue weighted by Gasteiger charge is 2.37. The normalized spacial score (nSPS) is 19.0. The summed E-state index contributed by atoms with van der Waals surface area (Å²) in [5.74, 6) is 0.435. The predicted octanol–water partition coefficient (Wildman–Crippen LogP) is 2.16. The number of phenols is 1. The van der Waals surface area contributed by atoms with Gasteiger partial charge < -0.3 is 19.1 Å². The Morgan fingerprint density at radius 3 is 2.81 bits per heavy atom. The van der Waals surface area contributed by atoms with E-state index in [0.717, 1.165) is 5.56 Å². The summed E-state index contributed by atoms with van der Waals surface area (Å²) in [5, 5.41) is 19.4. The van der Waals surface area contributed by atoms with Crippen molar-refractivity contribution in [3.05, 3.63) is 58.8 Å². The van der Waals surface area contributed by atoms with Crippen LogP contribution in [0.4, 0.5) is 0 Å². The van der Waals surface area contributed by atoms with E-state index in [9.17, 15) is 9.90 Å². The molecular weight excluding hydrogens is 340 g/mol. The molecule has 2 aromatic heterocycles. The van der Waals surface area contributed by atoms with Gasteiger partial charge >= 0.3 is 5.76 Å². The second-order valence-electron chi connectivity index (χ2n) is 5.96. The molecule has 0 spiro atoms. The van der Waals surface area contributed by atoms with Crippen LogP contribution in [0.1, 0.15) is 18.9 Å². The molecule has 9 nitrogen and oxygen atoms in total. The van der Waals surface area contributed by atoms with Crippen LogP contribution in [0.3, 0.4) is 0 Å². The Morgan fingerprint density at radius 1 is 1.27 bits per heavy atom. The van der Waals surface area contributed by atoms with Gasteiger partial charge in [0.25, 0.3) is 5.89 Å². The number of hydrogen-bond donors (Lipinski definition) is 2. The van der Waals surface area contributed by atoms with Crippen molar-refractivity contribution in [3.8, 4) is 23.0 Å². The van der Waals surface area contributed by atoms with Crippen molar-refractivity contribution in [2.24, 2.45) is 5.16 Å². The van der Waals surface area contributed by atoms with Crippen LogP contribution in [0.15, 0.2) is 57.1 Å². The van der Waals surface area contributed by atoms with Gasteiger partial charge in [0.05, 0.1) is 18.2 Å². The lowest BCUT2D eigenvalue weighted by molar-refractivity contribution is -0.00742. The zero-order valence-electron chi connectivity index (χ0n) is 13.7. The van der Waals surface area contributed by atoms with E-state index in [1.54, 1.807) is 30.3 Å². The smallest absolute Gasteiger partial charge is 0.434 e. The number of nitrogens with one attached hydrogen (secondary N) is 1. The van der Waals surface area contributed by atoms with Crippen molar-refractivity contribution < 1.29 is 19.1 Å². The van der Waals surface area contributed by atoms with Gasteiger partial charge in [0.15, 0.2) is 5.60 Å². The van der Waals surface area contributed by atoms with E-state index in [1.165, 1.54) is 12.4 Å². The van der Waals surface area contributed by atoms with Crippen LogP contribution in [-0.2, 0) is 10.4 Å². The van der Waals surface area contributed by atoms with Crippen LogP contribution in [0.2, 0.25) is 0 Å². The van der Waals surface area contributed by atoms with Crippen molar-refractivity contribution in [2.75, 3.05) is 0 Å². The third-order valence-corrected chi connectivity index (χ3v) is 3.95. The summed E-state index contributed by atoms with van der Waals surface area (Å²) in [6.07, 6.45) is 3.41. The third kappa shape index (κ3) is 3.02. The van der Waals surface area contributed by atoms with Gasteiger partial charge in [-0.3, -0.25) is 4.98 Å². The number of H-pyrrole nitrogens is 1. The van der Waals surface area contributed by atoms with E-state index >= 15 is 0 Å². The Morgan fingerprint density at radius 2 is 2.08 bits per heavy atom. The largest absolute Gasteiger partial charge is 0.508 e. The summed E-state index contributed by atoms with van der Waals surface area (Å²) in [6, 6.07) is 8.36. The van der Waals surface area contributed by atoms with Crippen LogP contribution >= 0.6 is 0 Å². The number of rotatable bonds is 3. The van der Waals surface area contributed by atoms with E-state index in [0.29, 0.717) is 23.6 Å². The number of oxime groups is 1. The summed E-state index contributed by atoms with van der Waals surface area (Å²) in [4.78, 5) is 20.7. The van der Waals surface area contributed by atoms with Crippen LogP contribution < -0.4 is 10.5 Å². The lowest BCUT2D eigenvalue weighted by Crippen LogP contribution is -2.23. The maximum atomic E-state index is 11.1. The van der Waals surface area contributed by atoms with Crippen molar-refractivity contribution in [1.29, 1.82) is 0 Å². The van der Waals surface area contributed by atoms with Gasteiger partial charge in [0.2, 0.25) is 5.90 Å². The highest BCUT2D eigenvalue weighted by atomic mass is 16.7. The van der Waals surface area contributed by atoms with Gasteiger partial charge in [0.1, 0.15) is 11.5 Å². The fourth-order valence-electron chi connectivity index (χ4n) is 2.61. The second-order valence-corrected chi connectivity index (χ2v) is 5.96. The fraction of sp³-hybridized carbons (Fsp3) is 0.176. The Bertz CT molecular complexity index is 1020. The van der Waals surface area contributed by atoms with Crippen molar-refractivity contribution >= 4 is 5.90 Å². The summed E-state index contributed by atoms with van der Waals surface area (Å²) >= 11 is 0. The number of aromatic amines is 1. The first-order valence-electron chi connectivity index (χ1n) is 7.75. The molecule has 26 heavy (non-hydrogen) atoms. The van der Waals surface area contributed by atoms with Gasteiger partial charge in [0, 0.05) is 6.20 Å². The lowest BCUT2D eigenvalue weighted by atomic mass is 9.93. The van der Waals surface area contributed by atoms with Gasteiger partial charge in [-0.1, -0.05) is 17.3 Å². The van der Waals surface area contributed by atoms with Crippen LogP contribution in [0, 0.1) is 0 Å². The zero-order valence-corrected chi connectivity index (χ0v) is 13.7. The van der Waals surface area contributed by atoms with E-state index < -0.39 is 11.4 Å². The number of ether oxygens (including phenoxy) is 1. The molecule has 2 N–H and O–H groups in total. The number of pyridine rings is 1. The van der Waals surface area contributed by atoms with Gasteiger partial charge in [-0.2, -0.15) is 0 Å². The van der Waals surface area contributed by atoms with Crippen molar-refractivity contribution in [3.63, 3.8) is 0 Å². The fourth-order valence-corrected chi connectivity index (χ4v) is 2.61. The van der Waals surface area contributed by atoms with E-state index in [4.69, 9.17) is 14.0 Å². The molecule has 0 bridgehead atoms. The van der Waals surface area contributed by atoms with E-state index in [-0.39, 0.29) is 11.6 Å². The van der Waals surface area contributed by atoms with Gasteiger partial charge in [-0.05, 0) is 30.7 Å². The average Bonchev–Trinajstić information content (AvgIpc) is 3.23. The first-order chi connectivity index (χ1) is 12.5. The minimum absolute atomic E-state index is 0.117. The zero-order chi connectivity index (χ0) is 18.1. The minimum Gasteiger partial charge on any atom is -0.508 e. The summed E-state index contributed by atoms with van der Waals surface area (Å²) < 4.78 is 10.6. The van der Waals surface area contributed by atoms with E-state index in [2.05, 4.69) is 20.3 Å². The molecule has 1 atom stereocenters. The molecule has 3 aromatic rings. The average molecular weight is 354 g/mol. The van der Waals surface area contributed by atoms with Crippen molar-refractivity contribution in [2.45, 2.75) is 18.9 Å². The topological polar surface area (TPSA) is 123 Å². The number of hydrogen-bond acceptors (Lipinski definition) is 8. The molecule has 1 aliphatic heterocycles. The highest BCUT2D eigenvalue weighted by Crippen LogP contribution is 2.35. The third-order valence-electron chi connectivity index (χ3n) is 3.95. The Hall–Kier alpha value is -3.62. The molecule has 0 saturated heterocycles. The Balaban J connectivity index is 1.50. The summed E-state index contributed by atoms with van der Waals surface area (Å²) in [5.41, 5.74) is 0.660. The highest BCUT2D eigenvalue weighted by molar-refractivity contribution is 5.80. The molecule has 9 heteroatoms. The molecular formula is C17H14N4O5. The molecule has 3 heterocycles. The quantitative estimate of drug-likeness (QED) is 0.739. The van der Waals surface area contributed by atoms with Crippen LogP contribution in [0.5, 0.6) is 11.5 Å². The molecule has 132 valence electrons. The number of aromatic nitrogens is 3. The SMILES string of the molecule is C[C@]1(c2ccc(O)cc2)CC(Oc2cncc(-c3n[nH]c(=O)o3)c2)=NO1. The van der Waals surface area contributed by atoms with Crippen LogP contribution in [-0.4, -0.2) is 26.2 Å². The van der Waals surface area contributed by atoms with E-state index in [1.807, 2.05) is 6.92 Å². The van der Waals surface area contributed by atoms with Crippen molar-refractivity contribution in [1.82, 2.24) is 15.2 Å². The number of aromatic hydroxyl groups is 1. The molecule has 0 unspecified atom stereocenters.